The van der Waals surface area contributed by atoms with Gasteiger partial charge < -0.3 is 20.7 Å². The predicted octanol–water partition coefficient (Wildman–Crippen LogP) is 3.41. The lowest BCUT2D eigenvalue weighted by Gasteiger charge is -2.54. The van der Waals surface area contributed by atoms with Crippen LogP contribution in [0.15, 0.2) is 6.20 Å². The van der Waals surface area contributed by atoms with E-state index in [2.05, 4.69) is 21.0 Å². The first-order valence-corrected chi connectivity index (χ1v) is 12.5. The molecule has 0 unspecified atom stereocenters. The number of amides is 1. The van der Waals surface area contributed by atoms with Crippen LogP contribution in [0, 0.1) is 23.7 Å². The standard InChI is InChI=1S/C24H39N5O2.2ClH/c1-15(2)31-24-21(14-27-29(24)8-7-26-20-3-5-25-6-4-20)23(30)28-22-18-10-16-9-17(12-18)13-19(22)11-16;;/h14-20,22,25-26H,3-13H2,1-2H3,(H,28,30);2*1H. The fourth-order valence-corrected chi connectivity index (χ4v) is 6.83. The van der Waals surface area contributed by atoms with Gasteiger partial charge in [0.2, 0.25) is 5.88 Å². The number of aromatic nitrogens is 2. The minimum Gasteiger partial charge on any atom is -0.475 e. The van der Waals surface area contributed by atoms with Crippen LogP contribution in [-0.4, -0.2) is 53.5 Å². The van der Waals surface area contributed by atoms with E-state index in [1.807, 2.05) is 18.5 Å². The molecule has 9 heteroatoms. The van der Waals surface area contributed by atoms with E-state index in [4.69, 9.17) is 4.74 Å². The van der Waals surface area contributed by atoms with Crippen molar-refractivity contribution in [2.24, 2.45) is 23.7 Å². The van der Waals surface area contributed by atoms with Gasteiger partial charge >= 0.3 is 0 Å². The summed E-state index contributed by atoms with van der Waals surface area (Å²) >= 11 is 0. The van der Waals surface area contributed by atoms with Gasteiger partial charge in [0, 0.05) is 18.6 Å². The molecule has 5 aliphatic rings. The highest BCUT2D eigenvalue weighted by Crippen LogP contribution is 2.53. The number of carbonyl (C=O) groups excluding carboxylic acids is 1. The van der Waals surface area contributed by atoms with Crippen LogP contribution >= 0.6 is 24.8 Å². The van der Waals surface area contributed by atoms with Crippen LogP contribution < -0.4 is 20.7 Å². The number of nitrogens with zero attached hydrogens (tertiary/aromatic N) is 2. The van der Waals surface area contributed by atoms with Gasteiger partial charge in [-0.2, -0.15) is 5.10 Å². The lowest BCUT2D eigenvalue weighted by atomic mass is 9.54. The second kappa shape index (κ2) is 11.6. The average molecular weight is 503 g/mol. The molecule has 0 atom stereocenters. The molecule has 1 saturated heterocycles. The monoisotopic (exact) mass is 501 g/mol. The van der Waals surface area contributed by atoms with Crippen LogP contribution in [-0.2, 0) is 6.54 Å². The Morgan fingerprint density at radius 3 is 2.36 bits per heavy atom. The number of piperidine rings is 1. The summed E-state index contributed by atoms with van der Waals surface area (Å²) in [6, 6.07) is 0.892. The molecule has 1 amide bonds. The fraction of sp³-hybridized carbons (Fsp3) is 0.833. The Morgan fingerprint density at radius 2 is 1.76 bits per heavy atom. The minimum atomic E-state index is -0.00862. The molecule has 0 aromatic carbocycles. The van der Waals surface area contributed by atoms with Gasteiger partial charge in [0.05, 0.1) is 18.8 Å². The summed E-state index contributed by atoms with van der Waals surface area (Å²) < 4.78 is 7.95. The zero-order chi connectivity index (χ0) is 21.4. The van der Waals surface area contributed by atoms with E-state index in [9.17, 15) is 4.79 Å². The molecular formula is C24H41Cl2N5O2. The molecule has 33 heavy (non-hydrogen) atoms. The topological polar surface area (TPSA) is 80.2 Å². The van der Waals surface area contributed by atoms with Crippen molar-refractivity contribution >= 4 is 30.7 Å². The van der Waals surface area contributed by atoms with E-state index >= 15 is 0 Å². The van der Waals surface area contributed by atoms with Crippen LogP contribution in [0.5, 0.6) is 5.88 Å². The molecular weight excluding hydrogens is 461 g/mol. The van der Waals surface area contributed by atoms with E-state index in [1.54, 1.807) is 6.20 Å². The second-order valence-electron chi connectivity index (χ2n) is 10.7. The van der Waals surface area contributed by atoms with Gasteiger partial charge in [0.1, 0.15) is 5.56 Å². The van der Waals surface area contributed by atoms with Crippen LogP contribution in [0.2, 0.25) is 0 Å². The Balaban J connectivity index is 0.00000153. The number of carbonyl (C=O) groups is 1. The Bertz CT molecular complexity index is 753. The van der Waals surface area contributed by atoms with Crippen molar-refractivity contribution < 1.29 is 9.53 Å². The van der Waals surface area contributed by atoms with E-state index in [1.165, 1.54) is 32.1 Å². The van der Waals surface area contributed by atoms with Gasteiger partial charge in [-0.25, -0.2) is 4.68 Å². The lowest BCUT2D eigenvalue weighted by molar-refractivity contribution is -0.0120. The SMILES string of the molecule is CC(C)Oc1c(C(=O)NC2C3CC4CC(C3)CC2C4)cnn1CCNC1CCNCC1.Cl.Cl. The maximum absolute atomic E-state index is 13.3. The largest absolute Gasteiger partial charge is 0.475 e. The number of hydrogen-bond acceptors (Lipinski definition) is 5. The lowest BCUT2D eigenvalue weighted by Crippen LogP contribution is -2.55. The molecule has 188 valence electrons. The van der Waals surface area contributed by atoms with Crippen molar-refractivity contribution in [3.63, 3.8) is 0 Å². The number of ether oxygens (including phenoxy) is 1. The summed E-state index contributed by atoms with van der Waals surface area (Å²) in [5.74, 6) is 3.75. The highest BCUT2D eigenvalue weighted by Gasteiger charge is 2.48. The Labute approximate surface area is 210 Å². The molecule has 1 aromatic rings. The molecule has 7 nitrogen and oxygen atoms in total. The van der Waals surface area contributed by atoms with Crippen molar-refractivity contribution in [1.29, 1.82) is 0 Å². The van der Waals surface area contributed by atoms with Gasteiger partial charge in [-0.1, -0.05) is 0 Å². The third kappa shape index (κ3) is 5.98. The number of rotatable bonds is 8. The van der Waals surface area contributed by atoms with Gasteiger partial charge in [0.25, 0.3) is 5.91 Å². The summed E-state index contributed by atoms with van der Waals surface area (Å²) in [5, 5.41) is 15.0. The third-order valence-electron chi connectivity index (χ3n) is 8.00. The Hall–Kier alpha value is -1.02. The normalized spacial score (nSPS) is 30.6. The first-order valence-electron chi connectivity index (χ1n) is 12.5. The van der Waals surface area contributed by atoms with Crippen molar-refractivity contribution in [2.75, 3.05) is 19.6 Å². The Kier molecular flexibility index (Phi) is 9.35. The van der Waals surface area contributed by atoms with Crippen LogP contribution in [0.4, 0.5) is 0 Å². The molecule has 4 aliphatic carbocycles. The average Bonchev–Trinajstić information content (AvgIpc) is 3.13. The summed E-state index contributed by atoms with van der Waals surface area (Å²) in [7, 11) is 0. The highest BCUT2D eigenvalue weighted by atomic mass is 35.5. The summed E-state index contributed by atoms with van der Waals surface area (Å²) in [6.45, 7) is 7.70. The maximum atomic E-state index is 13.3. The van der Waals surface area contributed by atoms with Crippen molar-refractivity contribution in [3.8, 4) is 5.88 Å². The van der Waals surface area contributed by atoms with E-state index < -0.39 is 0 Å². The zero-order valence-electron chi connectivity index (χ0n) is 19.9. The molecule has 4 saturated carbocycles. The van der Waals surface area contributed by atoms with E-state index in [0.717, 1.165) is 44.3 Å². The van der Waals surface area contributed by atoms with Gasteiger partial charge in [0.15, 0.2) is 0 Å². The fourth-order valence-electron chi connectivity index (χ4n) is 6.83. The first-order chi connectivity index (χ1) is 15.1. The third-order valence-corrected chi connectivity index (χ3v) is 8.00. The van der Waals surface area contributed by atoms with Crippen molar-refractivity contribution in [1.82, 2.24) is 25.7 Å². The molecule has 0 radical (unpaired) electrons. The molecule has 1 aliphatic heterocycles. The van der Waals surface area contributed by atoms with Crippen molar-refractivity contribution in [2.45, 2.75) is 83.5 Å². The minimum absolute atomic E-state index is 0. The number of hydrogen-bond donors (Lipinski definition) is 3. The molecule has 5 fully saturated rings. The van der Waals surface area contributed by atoms with E-state index in [-0.39, 0.29) is 36.8 Å². The van der Waals surface area contributed by atoms with E-state index in [0.29, 0.717) is 41.9 Å². The maximum Gasteiger partial charge on any atom is 0.258 e. The number of nitrogens with one attached hydrogen (secondary N) is 3. The molecule has 2 heterocycles. The smallest absolute Gasteiger partial charge is 0.258 e. The van der Waals surface area contributed by atoms with Gasteiger partial charge in [-0.15, -0.1) is 24.8 Å². The molecule has 6 rings (SSSR count). The molecule has 1 aromatic heterocycles. The predicted molar refractivity (Wildman–Crippen MR) is 135 cm³/mol. The van der Waals surface area contributed by atoms with Crippen LogP contribution in [0.1, 0.15) is 69.2 Å². The second-order valence-corrected chi connectivity index (χ2v) is 10.7. The molecule has 4 bridgehead atoms. The van der Waals surface area contributed by atoms with Gasteiger partial charge in [-0.05, 0) is 95.6 Å². The zero-order valence-corrected chi connectivity index (χ0v) is 21.6. The van der Waals surface area contributed by atoms with Crippen LogP contribution in [0.25, 0.3) is 0 Å². The Morgan fingerprint density at radius 1 is 1.12 bits per heavy atom. The first kappa shape index (κ1) is 26.6. The van der Waals surface area contributed by atoms with Gasteiger partial charge in [-0.3, -0.25) is 4.79 Å². The summed E-state index contributed by atoms with van der Waals surface area (Å²) in [5.41, 5.74) is 0.587. The molecule has 3 N–H and O–H groups in total. The van der Waals surface area contributed by atoms with Crippen molar-refractivity contribution in [3.05, 3.63) is 11.8 Å². The number of halogens is 2. The highest BCUT2D eigenvalue weighted by molar-refractivity contribution is 5.96. The molecule has 0 spiro atoms. The quantitative estimate of drug-likeness (QED) is 0.508. The van der Waals surface area contributed by atoms with Crippen LogP contribution in [0.3, 0.4) is 0 Å². The summed E-state index contributed by atoms with van der Waals surface area (Å²) in [6.07, 6.45) is 10.7. The summed E-state index contributed by atoms with van der Waals surface area (Å²) in [4.78, 5) is 13.3.